The lowest BCUT2D eigenvalue weighted by molar-refractivity contribution is -0.115. The van der Waals surface area contributed by atoms with Gasteiger partial charge in [-0.15, -0.1) is 11.8 Å². The number of nitrogens with one attached hydrogen (secondary N) is 1. The molecule has 0 heterocycles. The molecule has 0 bridgehead atoms. The Balaban J connectivity index is 2.04. The molecule has 0 saturated heterocycles. The maximum Gasteiger partial charge on any atom is 0.237 e. The van der Waals surface area contributed by atoms with E-state index in [1.54, 1.807) is 32.4 Å². The van der Waals surface area contributed by atoms with Crippen LogP contribution < -0.4 is 14.8 Å². The summed E-state index contributed by atoms with van der Waals surface area (Å²) in [5.74, 6) is 1.19. The number of anilines is 1. The van der Waals surface area contributed by atoms with Crippen LogP contribution >= 0.6 is 11.8 Å². The van der Waals surface area contributed by atoms with Gasteiger partial charge in [0.25, 0.3) is 0 Å². The number of thioether (sulfide) groups is 1. The van der Waals surface area contributed by atoms with Crippen molar-refractivity contribution in [1.29, 1.82) is 0 Å². The Bertz CT molecular complexity index is 670. The molecule has 2 aromatic carbocycles. The number of hydrogen-bond acceptors (Lipinski definition) is 4. The average Bonchev–Trinajstić information content (AvgIpc) is 2.57. The smallest absolute Gasteiger partial charge is 0.237 e. The van der Waals surface area contributed by atoms with Gasteiger partial charge in [-0.25, -0.2) is 0 Å². The van der Waals surface area contributed by atoms with Gasteiger partial charge in [0.1, 0.15) is 11.5 Å². The second-order valence-corrected chi connectivity index (χ2v) is 6.54. The number of carbonyl (C=O) groups excluding carboxylic acids is 1. The van der Waals surface area contributed by atoms with Gasteiger partial charge in [0.15, 0.2) is 0 Å². The zero-order valence-corrected chi connectivity index (χ0v) is 14.6. The zero-order valence-electron chi connectivity index (χ0n) is 13.8. The predicted octanol–water partition coefficient (Wildman–Crippen LogP) is 4.13. The first-order valence-corrected chi connectivity index (χ1v) is 8.17. The summed E-state index contributed by atoms with van der Waals surface area (Å²) in [5, 5.41) is 2.69. The minimum atomic E-state index is -0.218. The second-order valence-electron chi connectivity index (χ2n) is 5.13. The Morgan fingerprint density at radius 1 is 1.09 bits per heavy atom. The monoisotopic (exact) mass is 331 g/mol. The highest BCUT2D eigenvalue weighted by molar-refractivity contribution is 8.00. The van der Waals surface area contributed by atoms with Gasteiger partial charge in [0.05, 0.1) is 25.2 Å². The number of ether oxygens (including phenoxy) is 2. The highest BCUT2D eigenvalue weighted by Crippen LogP contribution is 2.30. The number of hydrogen-bond donors (Lipinski definition) is 1. The molecule has 0 aliphatic carbocycles. The first kappa shape index (κ1) is 17.2. The summed E-state index contributed by atoms with van der Waals surface area (Å²) in [6.45, 7) is 3.93. The SMILES string of the molecule is COc1ccc(NC(=O)[C@@H](C)Sc2ccc(C)cc2)c(OC)c1. The minimum absolute atomic E-state index is 0.0703. The van der Waals surface area contributed by atoms with Gasteiger partial charge in [-0.1, -0.05) is 17.7 Å². The van der Waals surface area contributed by atoms with Crippen LogP contribution in [0.25, 0.3) is 0 Å². The third-order valence-corrected chi connectivity index (χ3v) is 4.48. The van der Waals surface area contributed by atoms with E-state index in [1.165, 1.54) is 17.3 Å². The molecule has 1 amide bonds. The molecule has 1 N–H and O–H groups in total. The predicted molar refractivity (Wildman–Crippen MR) is 94.7 cm³/mol. The zero-order chi connectivity index (χ0) is 16.8. The maximum atomic E-state index is 12.4. The Hall–Kier alpha value is -2.14. The van der Waals surface area contributed by atoms with Crippen LogP contribution in [0, 0.1) is 6.92 Å². The van der Waals surface area contributed by atoms with E-state index in [-0.39, 0.29) is 11.2 Å². The summed E-state index contributed by atoms with van der Waals surface area (Å²) in [7, 11) is 3.15. The van der Waals surface area contributed by atoms with E-state index in [9.17, 15) is 4.79 Å². The Morgan fingerprint density at radius 2 is 1.78 bits per heavy atom. The number of carbonyl (C=O) groups is 1. The van der Waals surface area contributed by atoms with Gasteiger partial charge in [-0.3, -0.25) is 4.79 Å². The molecule has 0 aliphatic heterocycles. The molecule has 2 rings (SSSR count). The van der Waals surface area contributed by atoms with Gasteiger partial charge in [0, 0.05) is 11.0 Å². The van der Waals surface area contributed by atoms with Crippen LogP contribution in [0.1, 0.15) is 12.5 Å². The number of benzene rings is 2. The highest BCUT2D eigenvalue weighted by Gasteiger charge is 2.16. The van der Waals surface area contributed by atoms with Crippen molar-refractivity contribution >= 4 is 23.4 Å². The third kappa shape index (κ3) is 4.66. The molecule has 0 aliphatic rings. The molecule has 122 valence electrons. The van der Waals surface area contributed by atoms with Gasteiger partial charge < -0.3 is 14.8 Å². The highest BCUT2D eigenvalue weighted by atomic mass is 32.2. The summed E-state index contributed by atoms with van der Waals surface area (Å²) < 4.78 is 10.5. The summed E-state index contributed by atoms with van der Waals surface area (Å²) in [6.07, 6.45) is 0. The van der Waals surface area contributed by atoms with Crippen molar-refractivity contribution in [3.63, 3.8) is 0 Å². The van der Waals surface area contributed by atoms with Crippen molar-refractivity contribution in [2.45, 2.75) is 24.0 Å². The van der Waals surface area contributed by atoms with E-state index in [4.69, 9.17) is 9.47 Å². The molecular weight excluding hydrogens is 310 g/mol. The average molecular weight is 331 g/mol. The Kier molecular flexibility index (Phi) is 5.93. The van der Waals surface area contributed by atoms with E-state index < -0.39 is 0 Å². The summed E-state index contributed by atoms with van der Waals surface area (Å²) in [6, 6.07) is 13.4. The molecule has 4 nitrogen and oxygen atoms in total. The minimum Gasteiger partial charge on any atom is -0.497 e. The number of amides is 1. The molecule has 1 atom stereocenters. The fraction of sp³-hybridized carbons (Fsp3) is 0.278. The number of aryl methyl sites for hydroxylation is 1. The van der Waals surface area contributed by atoms with Crippen molar-refractivity contribution in [2.75, 3.05) is 19.5 Å². The number of rotatable bonds is 6. The van der Waals surface area contributed by atoms with Crippen molar-refractivity contribution in [3.05, 3.63) is 48.0 Å². The lowest BCUT2D eigenvalue weighted by atomic mass is 10.2. The number of methoxy groups -OCH3 is 2. The topological polar surface area (TPSA) is 47.6 Å². The quantitative estimate of drug-likeness (QED) is 0.809. The lowest BCUT2D eigenvalue weighted by Gasteiger charge is -2.15. The lowest BCUT2D eigenvalue weighted by Crippen LogP contribution is -2.22. The molecule has 0 aromatic heterocycles. The first-order valence-electron chi connectivity index (χ1n) is 7.29. The molecular formula is C18H21NO3S. The van der Waals surface area contributed by atoms with Crippen LogP contribution in [-0.4, -0.2) is 25.4 Å². The molecule has 0 spiro atoms. The summed E-state index contributed by atoms with van der Waals surface area (Å²) in [5.41, 5.74) is 1.84. The van der Waals surface area contributed by atoms with E-state index in [1.807, 2.05) is 38.1 Å². The van der Waals surface area contributed by atoms with Gasteiger partial charge in [-0.2, -0.15) is 0 Å². The van der Waals surface area contributed by atoms with Gasteiger partial charge in [0.2, 0.25) is 5.91 Å². The normalized spacial score (nSPS) is 11.7. The maximum absolute atomic E-state index is 12.4. The van der Waals surface area contributed by atoms with E-state index in [0.29, 0.717) is 17.2 Å². The van der Waals surface area contributed by atoms with Gasteiger partial charge >= 0.3 is 0 Å². The van der Waals surface area contributed by atoms with Crippen LogP contribution in [-0.2, 0) is 4.79 Å². The molecule has 0 radical (unpaired) electrons. The molecule has 0 unspecified atom stereocenters. The van der Waals surface area contributed by atoms with E-state index >= 15 is 0 Å². The largest absolute Gasteiger partial charge is 0.497 e. The standard InChI is InChI=1S/C18H21NO3S/c1-12-5-8-15(9-6-12)23-13(2)18(20)19-16-10-7-14(21-3)11-17(16)22-4/h5-11,13H,1-4H3,(H,19,20)/t13-/m1/s1. The Morgan fingerprint density at radius 3 is 2.39 bits per heavy atom. The van der Waals surface area contributed by atoms with Crippen LogP contribution in [0.5, 0.6) is 11.5 Å². The molecule has 5 heteroatoms. The van der Waals surface area contributed by atoms with Gasteiger partial charge in [-0.05, 0) is 38.1 Å². The van der Waals surface area contributed by atoms with Crippen LogP contribution in [0.15, 0.2) is 47.4 Å². The van der Waals surface area contributed by atoms with Crippen molar-refractivity contribution < 1.29 is 14.3 Å². The molecule has 2 aromatic rings. The second kappa shape index (κ2) is 7.92. The summed E-state index contributed by atoms with van der Waals surface area (Å²) >= 11 is 1.52. The van der Waals surface area contributed by atoms with Crippen molar-refractivity contribution in [2.24, 2.45) is 0 Å². The molecule has 0 fully saturated rings. The van der Waals surface area contributed by atoms with Crippen LogP contribution in [0.3, 0.4) is 0 Å². The molecule has 23 heavy (non-hydrogen) atoms. The van der Waals surface area contributed by atoms with E-state index in [2.05, 4.69) is 5.32 Å². The molecule has 0 saturated carbocycles. The fourth-order valence-corrected chi connectivity index (χ4v) is 2.88. The van der Waals surface area contributed by atoms with Crippen LogP contribution in [0.2, 0.25) is 0 Å². The van der Waals surface area contributed by atoms with Crippen LogP contribution in [0.4, 0.5) is 5.69 Å². The Labute approximate surface area is 141 Å². The van der Waals surface area contributed by atoms with Crippen molar-refractivity contribution in [1.82, 2.24) is 0 Å². The van der Waals surface area contributed by atoms with Crippen molar-refractivity contribution in [3.8, 4) is 11.5 Å². The third-order valence-electron chi connectivity index (χ3n) is 3.37. The van der Waals surface area contributed by atoms with E-state index in [0.717, 1.165) is 4.90 Å². The summed E-state index contributed by atoms with van der Waals surface area (Å²) in [4.78, 5) is 13.5. The fourth-order valence-electron chi connectivity index (χ4n) is 2.01. The first-order chi connectivity index (χ1) is 11.0.